The van der Waals surface area contributed by atoms with Crippen molar-refractivity contribution in [3.63, 3.8) is 0 Å². The Bertz CT molecular complexity index is 1230. The number of halogens is 4. The van der Waals surface area contributed by atoms with Crippen LogP contribution in [0.25, 0.3) is 17.0 Å². The molecule has 4 rings (SSSR count). The van der Waals surface area contributed by atoms with Gasteiger partial charge in [-0.2, -0.15) is 18.3 Å². The first-order chi connectivity index (χ1) is 14.1. The van der Waals surface area contributed by atoms with Gasteiger partial charge < -0.3 is 0 Å². The third-order valence-electron chi connectivity index (χ3n) is 4.60. The maximum atomic E-state index is 13.4. The number of benzene rings is 2. The zero-order valence-corrected chi connectivity index (χ0v) is 17.0. The Hall–Kier alpha value is -2.78. The van der Waals surface area contributed by atoms with Crippen molar-refractivity contribution in [2.24, 2.45) is 0 Å². The molecule has 2 amide bonds. The maximum absolute atomic E-state index is 13.4. The van der Waals surface area contributed by atoms with Gasteiger partial charge >= 0.3 is 6.18 Å². The van der Waals surface area contributed by atoms with Crippen LogP contribution in [0, 0.1) is 6.92 Å². The van der Waals surface area contributed by atoms with Gasteiger partial charge in [0.1, 0.15) is 0 Å². The van der Waals surface area contributed by atoms with Crippen molar-refractivity contribution in [2.45, 2.75) is 19.6 Å². The van der Waals surface area contributed by atoms with E-state index in [4.69, 9.17) is 11.6 Å². The van der Waals surface area contributed by atoms with E-state index in [2.05, 4.69) is 10.4 Å². The topological polar surface area (TPSA) is 64.0 Å². The first-order valence-electron chi connectivity index (χ1n) is 8.69. The molecular formula is C20H13ClF3N3O2S. The number of carbonyl (C=O) groups is 2. The second-order valence-corrected chi connectivity index (χ2v) is 8.12. The standard InChI is InChI=1S/C20H13ClF3N3O2S/c1-10-14-6-11(7-17-18(28)25-19(29)30-17)2-5-16(14)27(26-10)9-12-3-4-13(21)8-15(12)20(22,23)24/h2-8H,9H2,1H3,(H,25,28,29)/b17-7-. The lowest BCUT2D eigenvalue weighted by atomic mass is 10.1. The summed E-state index contributed by atoms with van der Waals surface area (Å²) < 4.78 is 41.7. The lowest BCUT2D eigenvalue weighted by molar-refractivity contribution is -0.138. The number of amides is 2. The lowest BCUT2D eigenvalue weighted by Crippen LogP contribution is -2.17. The predicted molar refractivity (Wildman–Crippen MR) is 109 cm³/mol. The number of hydrogen-bond acceptors (Lipinski definition) is 4. The van der Waals surface area contributed by atoms with Crippen molar-refractivity contribution in [3.05, 3.63) is 68.7 Å². The fourth-order valence-corrected chi connectivity index (χ4v) is 4.11. The molecule has 1 aliphatic rings. The summed E-state index contributed by atoms with van der Waals surface area (Å²) in [5.74, 6) is -0.458. The van der Waals surface area contributed by atoms with Gasteiger partial charge in [0.25, 0.3) is 11.1 Å². The fraction of sp³-hybridized carbons (Fsp3) is 0.150. The molecule has 1 aromatic heterocycles. The van der Waals surface area contributed by atoms with Crippen LogP contribution >= 0.6 is 23.4 Å². The van der Waals surface area contributed by atoms with Crippen molar-refractivity contribution < 1.29 is 22.8 Å². The average molecular weight is 452 g/mol. The number of fused-ring (bicyclic) bond motifs is 1. The molecule has 1 aliphatic heterocycles. The first-order valence-corrected chi connectivity index (χ1v) is 9.89. The van der Waals surface area contributed by atoms with Gasteiger partial charge in [-0.05, 0) is 60.2 Å². The van der Waals surface area contributed by atoms with E-state index < -0.39 is 22.9 Å². The Morgan fingerprint density at radius 3 is 2.63 bits per heavy atom. The van der Waals surface area contributed by atoms with Crippen molar-refractivity contribution in [1.82, 2.24) is 15.1 Å². The van der Waals surface area contributed by atoms with Crippen LogP contribution in [0.15, 0.2) is 41.3 Å². The van der Waals surface area contributed by atoms with Gasteiger partial charge in [0.2, 0.25) is 0 Å². The van der Waals surface area contributed by atoms with E-state index in [1.165, 1.54) is 16.8 Å². The minimum absolute atomic E-state index is 0.0116. The van der Waals surface area contributed by atoms with Crippen molar-refractivity contribution in [2.75, 3.05) is 0 Å². The highest BCUT2D eigenvalue weighted by Gasteiger charge is 2.33. The molecule has 0 bridgehead atoms. The van der Waals surface area contributed by atoms with E-state index in [1.54, 1.807) is 31.2 Å². The Morgan fingerprint density at radius 1 is 1.20 bits per heavy atom. The summed E-state index contributed by atoms with van der Waals surface area (Å²) in [6.07, 6.45) is -2.95. The molecule has 0 atom stereocenters. The summed E-state index contributed by atoms with van der Waals surface area (Å²) in [6, 6.07) is 8.90. The Morgan fingerprint density at radius 2 is 1.97 bits per heavy atom. The molecule has 0 unspecified atom stereocenters. The zero-order valence-electron chi connectivity index (χ0n) is 15.4. The average Bonchev–Trinajstić information content (AvgIpc) is 3.14. The number of thioether (sulfide) groups is 1. The van der Waals surface area contributed by atoms with E-state index in [9.17, 15) is 22.8 Å². The minimum atomic E-state index is -4.53. The van der Waals surface area contributed by atoms with Gasteiger partial charge in [-0.25, -0.2) is 0 Å². The van der Waals surface area contributed by atoms with Gasteiger partial charge in [-0.15, -0.1) is 0 Å². The highest BCUT2D eigenvalue weighted by Crippen LogP contribution is 2.35. The summed E-state index contributed by atoms with van der Waals surface area (Å²) in [5, 5.41) is 6.89. The fourth-order valence-electron chi connectivity index (χ4n) is 3.25. The second-order valence-electron chi connectivity index (χ2n) is 6.67. The third-order valence-corrected chi connectivity index (χ3v) is 5.64. The van der Waals surface area contributed by atoms with Gasteiger partial charge in [0, 0.05) is 10.4 Å². The second kappa shape index (κ2) is 7.48. The van der Waals surface area contributed by atoms with Gasteiger partial charge in [-0.1, -0.05) is 23.7 Å². The molecule has 10 heteroatoms. The van der Waals surface area contributed by atoms with E-state index in [0.717, 1.165) is 23.2 Å². The van der Waals surface area contributed by atoms with Crippen LogP contribution < -0.4 is 5.32 Å². The van der Waals surface area contributed by atoms with Gasteiger partial charge in [0.15, 0.2) is 0 Å². The third kappa shape index (κ3) is 3.95. The first kappa shape index (κ1) is 20.5. The van der Waals surface area contributed by atoms with Crippen LogP contribution in [0.2, 0.25) is 5.02 Å². The predicted octanol–water partition coefficient (Wildman–Crippen LogP) is 5.39. The SMILES string of the molecule is Cc1nn(Cc2ccc(Cl)cc2C(F)(F)F)c2ccc(/C=C3\SC(=O)NC3=O)cc12. The van der Waals surface area contributed by atoms with E-state index in [0.29, 0.717) is 16.8 Å². The van der Waals surface area contributed by atoms with Crippen LogP contribution in [0.4, 0.5) is 18.0 Å². The number of nitrogens with zero attached hydrogens (tertiary/aromatic N) is 2. The molecule has 0 saturated carbocycles. The highest BCUT2D eigenvalue weighted by molar-refractivity contribution is 8.18. The van der Waals surface area contributed by atoms with Crippen LogP contribution in [0.3, 0.4) is 0 Å². The van der Waals surface area contributed by atoms with Crippen molar-refractivity contribution in [1.29, 1.82) is 0 Å². The Labute approximate surface area is 177 Å². The molecular weight excluding hydrogens is 439 g/mol. The van der Waals surface area contributed by atoms with Crippen LogP contribution in [0.1, 0.15) is 22.4 Å². The number of aryl methyl sites for hydroxylation is 1. The van der Waals surface area contributed by atoms with Gasteiger partial charge in [0.05, 0.1) is 28.2 Å². The molecule has 2 aromatic carbocycles. The number of carbonyl (C=O) groups excluding carboxylic acids is 2. The molecule has 0 radical (unpaired) electrons. The molecule has 3 aromatic rings. The number of nitrogens with one attached hydrogen (secondary N) is 1. The number of aromatic nitrogens is 2. The van der Waals surface area contributed by atoms with Crippen molar-refractivity contribution >= 4 is 51.5 Å². The lowest BCUT2D eigenvalue weighted by Gasteiger charge is -2.14. The number of imide groups is 1. The normalized spacial score (nSPS) is 16.0. The zero-order chi connectivity index (χ0) is 21.6. The summed E-state index contributed by atoms with van der Waals surface area (Å²) in [4.78, 5) is 23.3. The number of hydrogen-bond donors (Lipinski definition) is 1. The molecule has 2 heterocycles. The molecule has 5 nitrogen and oxygen atoms in total. The minimum Gasteiger partial charge on any atom is -0.282 e. The molecule has 0 aliphatic carbocycles. The van der Waals surface area contributed by atoms with E-state index >= 15 is 0 Å². The van der Waals surface area contributed by atoms with E-state index in [1.807, 2.05) is 0 Å². The maximum Gasteiger partial charge on any atom is 0.416 e. The molecule has 1 N–H and O–H groups in total. The monoisotopic (exact) mass is 451 g/mol. The molecule has 30 heavy (non-hydrogen) atoms. The van der Waals surface area contributed by atoms with Crippen LogP contribution in [0.5, 0.6) is 0 Å². The summed E-state index contributed by atoms with van der Waals surface area (Å²) in [7, 11) is 0. The number of rotatable bonds is 3. The summed E-state index contributed by atoms with van der Waals surface area (Å²) in [6.45, 7) is 1.67. The van der Waals surface area contributed by atoms with Crippen LogP contribution in [-0.2, 0) is 17.5 Å². The van der Waals surface area contributed by atoms with Crippen LogP contribution in [-0.4, -0.2) is 20.9 Å². The largest absolute Gasteiger partial charge is 0.416 e. The summed E-state index contributed by atoms with van der Waals surface area (Å²) >= 11 is 6.57. The Balaban J connectivity index is 1.72. The molecule has 1 saturated heterocycles. The smallest absolute Gasteiger partial charge is 0.282 e. The Kier molecular flexibility index (Phi) is 5.11. The molecule has 0 spiro atoms. The quantitative estimate of drug-likeness (QED) is 0.542. The molecule has 154 valence electrons. The number of alkyl halides is 3. The van der Waals surface area contributed by atoms with E-state index in [-0.39, 0.29) is 22.0 Å². The van der Waals surface area contributed by atoms with Crippen molar-refractivity contribution in [3.8, 4) is 0 Å². The molecule has 1 fully saturated rings. The van der Waals surface area contributed by atoms with Gasteiger partial charge in [-0.3, -0.25) is 19.6 Å². The highest BCUT2D eigenvalue weighted by atomic mass is 35.5. The summed E-state index contributed by atoms with van der Waals surface area (Å²) in [5.41, 5.74) is 1.22.